The predicted octanol–water partition coefficient (Wildman–Crippen LogP) is 6.31. The molecule has 2 N–H and O–H groups in total. The third-order valence-electron chi connectivity index (χ3n) is 5.20. The van der Waals surface area contributed by atoms with Crippen molar-refractivity contribution in [3.63, 3.8) is 0 Å². The molecule has 0 spiro atoms. The van der Waals surface area contributed by atoms with Crippen LogP contribution in [-0.2, 0) is 15.3 Å². The van der Waals surface area contributed by atoms with Crippen molar-refractivity contribution < 1.29 is 14.0 Å². The molecule has 0 aliphatic carbocycles. The zero-order valence-electron chi connectivity index (χ0n) is 18.8. The van der Waals surface area contributed by atoms with Crippen LogP contribution in [0.15, 0.2) is 90.3 Å². The molecule has 0 fully saturated rings. The highest BCUT2D eigenvalue weighted by atomic mass is 32.2. The van der Waals surface area contributed by atoms with Crippen LogP contribution in [0.2, 0.25) is 0 Å². The lowest BCUT2D eigenvalue weighted by molar-refractivity contribution is -0.116. The molecule has 1 aromatic heterocycles. The Labute approximate surface area is 211 Å². The van der Waals surface area contributed by atoms with Gasteiger partial charge in [0, 0.05) is 29.2 Å². The standard InChI is InChI=1S/C27H24FN3O2S2/c28-21-11-13-22(14-12-21)29-26(33)18-34-16-23-17-35-27(30-23)31-25(32)15-24(19-7-3-1-4-8-19)20-9-5-2-6-10-20/h1-14,17,24H,15-16,18H2,(H,29,33)(H,30,31,32). The first-order chi connectivity index (χ1) is 17.1. The molecular weight excluding hydrogens is 481 g/mol. The molecule has 1 heterocycles. The Balaban J connectivity index is 1.28. The third kappa shape index (κ3) is 7.50. The fraction of sp³-hybridized carbons (Fsp3) is 0.148. The molecule has 2 amide bonds. The molecule has 0 saturated heterocycles. The average molecular weight is 506 g/mol. The van der Waals surface area contributed by atoms with Crippen molar-refractivity contribution in [3.8, 4) is 0 Å². The van der Waals surface area contributed by atoms with Crippen LogP contribution in [0, 0.1) is 5.82 Å². The van der Waals surface area contributed by atoms with Gasteiger partial charge in [-0.3, -0.25) is 9.59 Å². The Morgan fingerprint density at radius 2 is 1.49 bits per heavy atom. The second-order valence-corrected chi connectivity index (χ2v) is 9.66. The van der Waals surface area contributed by atoms with E-state index in [0.29, 0.717) is 23.0 Å². The Bertz CT molecular complexity index is 1210. The van der Waals surface area contributed by atoms with E-state index in [1.807, 2.05) is 66.0 Å². The summed E-state index contributed by atoms with van der Waals surface area (Å²) in [5, 5.41) is 8.07. The minimum absolute atomic E-state index is 0.0491. The first-order valence-electron chi connectivity index (χ1n) is 11.0. The molecule has 4 aromatic rings. The van der Waals surface area contributed by atoms with E-state index in [0.717, 1.165) is 16.8 Å². The smallest absolute Gasteiger partial charge is 0.234 e. The van der Waals surface area contributed by atoms with Crippen LogP contribution in [0.5, 0.6) is 0 Å². The number of anilines is 2. The van der Waals surface area contributed by atoms with Crippen molar-refractivity contribution in [2.75, 3.05) is 16.4 Å². The molecule has 0 atom stereocenters. The van der Waals surface area contributed by atoms with Crippen LogP contribution < -0.4 is 10.6 Å². The van der Waals surface area contributed by atoms with Crippen molar-refractivity contribution >= 4 is 45.7 Å². The van der Waals surface area contributed by atoms with Gasteiger partial charge in [-0.25, -0.2) is 9.37 Å². The molecule has 0 saturated carbocycles. The van der Waals surface area contributed by atoms with E-state index in [2.05, 4.69) is 15.6 Å². The van der Waals surface area contributed by atoms with Crippen LogP contribution in [0.25, 0.3) is 0 Å². The van der Waals surface area contributed by atoms with Gasteiger partial charge < -0.3 is 10.6 Å². The molecule has 0 aliphatic rings. The van der Waals surface area contributed by atoms with Gasteiger partial charge in [0.15, 0.2) is 5.13 Å². The number of thioether (sulfide) groups is 1. The highest BCUT2D eigenvalue weighted by Gasteiger charge is 2.19. The maximum atomic E-state index is 13.0. The third-order valence-corrected chi connectivity index (χ3v) is 6.98. The number of thiazole rings is 1. The summed E-state index contributed by atoms with van der Waals surface area (Å²) in [6.45, 7) is 0. The molecular formula is C27H24FN3O2S2. The molecule has 0 unspecified atom stereocenters. The van der Waals surface area contributed by atoms with E-state index in [4.69, 9.17) is 0 Å². The Morgan fingerprint density at radius 3 is 2.11 bits per heavy atom. The first kappa shape index (κ1) is 24.6. The topological polar surface area (TPSA) is 71.1 Å². The van der Waals surface area contributed by atoms with Crippen molar-refractivity contribution in [2.24, 2.45) is 0 Å². The number of hydrogen-bond donors (Lipinski definition) is 2. The van der Waals surface area contributed by atoms with E-state index < -0.39 is 0 Å². The summed E-state index contributed by atoms with van der Waals surface area (Å²) in [5.74, 6) is 0.117. The Kier molecular flexibility index (Phi) is 8.64. The number of nitrogens with one attached hydrogen (secondary N) is 2. The van der Waals surface area contributed by atoms with Gasteiger partial charge in [-0.05, 0) is 35.4 Å². The van der Waals surface area contributed by atoms with Gasteiger partial charge in [0.2, 0.25) is 11.8 Å². The summed E-state index contributed by atoms with van der Waals surface area (Å²) in [4.78, 5) is 29.4. The second-order valence-electron chi connectivity index (χ2n) is 7.82. The number of halogens is 1. The normalized spacial score (nSPS) is 10.8. The fourth-order valence-electron chi connectivity index (χ4n) is 3.56. The molecule has 0 bridgehead atoms. The predicted molar refractivity (Wildman–Crippen MR) is 141 cm³/mol. The summed E-state index contributed by atoms with van der Waals surface area (Å²) < 4.78 is 13.0. The van der Waals surface area contributed by atoms with Crippen LogP contribution >= 0.6 is 23.1 Å². The Morgan fingerprint density at radius 1 is 0.857 bits per heavy atom. The lowest BCUT2D eigenvalue weighted by Gasteiger charge is -2.17. The zero-order chi connectivity index (χ0) is 24.5. The van der Waals surface area contributed by atoms with Crippen molar-refractivity contribution in [1.82, 2.24) is 4.98 Å². The highest BCUT2D eigenvalue weighted by Crippen LogP contribution is 2.29. The number of nitrogens with zero attached hydrogens (tertiary/aromatic N) is 1. The van der Waals surface area contributed by atoms with E-state index >= 15 is 0 Å². The molecule has 0 aliphatic heterocycles. The number of carbonyl (C=O) groups is 2. The zero-order valence-corrected chi connectivity index (χ0v) is 20.5. The molecule has 3 aromatic carbocycles. The summed E-state index contributed by atoms with van der Waals surface area (Å²) >= 11 is 2.79. The maximum Gasteiger partial charge on any atom is 0.234 e. The van der Waals surface area contributed by atoms with Gasteiger partial charge in [-0.1, -0.05) is 60.7 Å². The fourth-order valence-corrected chi connectivity index (χ4v) is 5.11. The average Bonchev–Trinajstić information content (AvgIpc) is 3.32. The Hall–Kier alpha value is -3.49. The highest BCUT2D eigenvalue weighted by molar-refractivity contribution is 7.99. The number of aromatic nitrogens is 1. The number of amides is 2. The number of benzene rings is 3. The van der Waals surface area contributed by atoms with E-state index in [1.165, 1.54) is 47.4 Å². The van der Waals surface area contributed by atoms with E-state index in [1.54, 1.807) is 0 Å². The van der Waals surface area contributed by atoms with E-state index in [9.17, 15) is 14.0 Å². The summed E-state index contributed by atoms with van der Waals surface area (Å²) in [7, 11) is 0. The van der Waals surface area contributed by atoms with Crippen LogP contribution in [0.1, 0.15) is 29.2 Å². The second kappa shape index (κ2) is 12.3. The number of rotatable bonds is 10. The molecule has 0 radical (unpaired) electrons. The molecule has 8 heteroatoms. The SMILES string of the molecule is O=C(CSCc1csc(NC(=O)CC(c2ccccc2)c2ccccc2)n1)Nc1ccc(F)cc1. The van der Waals surface area contributed by atoms with Crippen LogP contribution in [0.3, 0.4) is 0 Å². The minimum Gasteiger partial charge on any atom is -0.325 e. The molecule has 5 nitrogen and oxygen atoms in total. The maximum absolute atomic E-state index is 13.0. The summed E-state index contributed by atoms with van der Waals surface area (Å²) in [6, 6.07) is 25.6. The van der Waals surface area contributed by atoms with Gasteiger partial charge in [0.25, 0.3) is 0 Å². The van der Waals surface area contributed by atoms with Crippen LogP contribution in [0.4, 0.5) is 15.2 Å². The number of hydrogen-bond acceptors (Lipinski definition) is 5. The molecule has 35 heavy (non-hydrogen) atoms. The van der Waals surface area contributed by atoms with Gasteiger partial charge in [0.1, 0.15) is 5.82 Å². The summed E-state index contributed by atoms with van der Waals surface area (Å²) in [6.07, 6.45) is 0.307. The van der Waals surface area contributed by atoms with Gasteiger partial charge in [-0.15, -0.1) is 23.1 Å². The van der Waals surface area contributed by atoms with Gasteiger partial charge >= 0.3 is 0 Å². The first-order valence-corrected chi connectivity index (χ1v) is 13.1. The molecule has 4 rings (SSSR count). The molecule has 178 valence electrons. The van der Waals surface area contributed by atoms with Gasteiger partial charge in [0.05, 0.1) is 11.4 Å². The number of carbonyl (C=O) groups excluding carboxylic acids is 2. The quantitative estimate of drug-likeness (QED) is 0.265. The summed E-state index contributed by atoms with van der Waals surface area (Å²) in [5.41, 5.74) is 3.53. The van der Waals surface area contributed by atoms with E-state index in [-0.39, 0.29) is 29.3 Å². The van der Waals surface area contributed by atoms with Gasteiger partial charge in [-0.2, -0.15) is 0 Å². The lowest BCUT2D eigenvalue weighted by atomic mass is 9.88. The lowest BCUT2D eigenvalue weighted by Crippen LogP contribution is -2.16. The monoisotopic (exact) mass is 505 g/mol. The van der Waals surface area contributed by atoms with Crippen molar-refractivity contribution in [1.29, 1.82) is 0 Å². The van der Waals surface area contributed by atoms with Crippen LogP contribution in [-0.4, -0.2) is 22.6 Å². The minimum atomic E-state index is -0.348. The largest absolute Gasteiger partial charge is 0.325 e. The van der Waals surface area contributed by atoms with Crippen molar-refractivity contribution in [3.05, 3.63) is 113 Å². The van der Waals surface area contributed by atoms with Crippen molar-refractivity contribution in [2.45, 2.75) is 18.1 Å².